The largest absolute Gasteiger partial charge is 0.493 e. The molecule has 1 saturated heterocycles. The molecule has 0 spiro atoms. The molecule has 1 fully saturated rings. The van der Waals surface area contributed by atoms with Crippen LogP contribution in [0.2, 0.25) is 5.02 Å². The second-order valence-corrected chi connectivity index (χ2v) is 8.17. The standard InChI is InChI=1S/C24H33ClN2O3/c1-19(26-18-21-5-8-22(25)9-6-21)3-4-20-7-10-23(24(17-20)28-2)30-16-13-27-11-14-29-15-12-27/h5-10,17,19,26H,3-4,11-16,18H2,1-2H3. The molecule has 1 atom stereocenters. The Morgan fingerprint density at radius 1 is 1.07 bits per heavy atom. The number of rotatable bonds is 11. The second-order valence-electron chi connectivity index (χ2n) is 7.73. The quantitative estimate of drug-likeness (QED) is 0.577. The van der Waals surface area contributed by atoms with Gasteiger partial charge in [-0.3, -0.25) is 4.90 Å². The van der Waals surface area contributed by atoms with Crippen molar-refractivity contribution in [3.63, 3.8) is 0 Å². The molecule has 3 rings (SSSR count). The molecule has 30 heavy (non-hydrogen) atoms. The van der Waals surface area contributed by atoms with Crippen LogP contribution in [0.1, 0.15) is 24.5 Å². The fourth-order valence-corrected chi connectivity index (χ4v) is 3.60. The first-order valence-corrected chi connectivity index (χ1v) is 11.1. The molecule has 0 radical (unpaired) electrons. The van der Waals surface area contributed by atoms with E-state index in [4.69, 9.17) is 25.8 Å². The molecule has 1 aliphatic heterocycles. The number of nitrogens with one attached hydrogen (secondary N) is 1. The van der Waals surface area contributed by atoms with Gasteiger partial charge >= 0.3 is 0 Å². The highest BCUT2D eigenvalue weighted by molar-refractivity contribution is 6.30. The average molecular weight is 433 g/mol. The van der Waals surface area contributed by atoms with Gasteiger partial charge in [0.15, 0.2) is 11.5 Å². The van der Waals surface area contributed by atoms with E-state index < -0.39 is 0 Å². The molecular weight excluding hydrogens is 400 g/mol. The summed E-state index contributed by atoms with van der Waals surface area (Å²) in [6, 6.07) is 14.7. The van der Waals surface area contributed by atoms with Crippen molar-refractivity contribution in [1.29, 1.82) is 0 Å². The van der Waals surface area contributed by atoms with Crippen LogP contribution in [0.4, 0.5) is 0 Å². The number of halogens is 1. The van der Waals surface area contributed by atoms with Crippen molar-refractivity contribution in [3.05, 3.63) is 58.6 Å². The number of morpholine rings is 1. The van der Waals surface area contributed by atoms with Gasteiger partial charge in [-0.05, 0) is 55.2 Å². The molecule has 0 aliphatic carbocycles. The van der Waals surface area contributed by atoms with Crippen molar-refractivity contribution in [2.75, 3.05) is 46.6 Å². The minimum Gasteiger partial charge on any atom is -0.493 e. The Morgan fingerprint density at radius 2 is 1.80 bits per heavy atom. The number of hydrogen-bond acceptors (Lipinski definition) is 5. The number of hydrogen-bond donors (Lipinski definition) is 1. The SMILES string of the molecule is COc1cc(CCC(C)NCc2ccc(Cl)cc2)ccc1OCCN1CCOCC1. The Morgan fingerprint density at radius 3 is 2.53 bits per heavy atom. The van der Waals surface area contributed by atoms with E-state index in [9.17, 15) is 0 Å². The number of methoxy groups -OCH3 is 1. The highest BCUT2D eigenvalue weighted by atomic mass is 35.5. The fraction of sp³-hybridized carbons (Fsp3) is 0.500. The number of ether oxygens (including phenoxy) is 3. The minimum atomic E-state index is 0.413. The topological polar surface area (TPSA) is 43.0 Å². The molecule has 1 unspecified atom stereocenters. The van der Waals surface area contributed by atoms with Gasteiger partial charge in [0, 0.05) is 37.2 Å². The van der Waals surface area contributed by atoms with Gasteiger partial charge < -0.3 is 19.5 Å². The molecule has 0 aromatic heterocycles. The summed E-state index contributed by atoms with van der Waals surface area (Å²) in [6.45, 7) is 8.20. The zero-order valence-corrected chi connectivity index (χ0v) is 18.8. The van der Waals surface area contributed by atoms with Gasteiger partial charge in [-0.15, -0.1) is 0 Å². The van der Waals surface area contributed by atoms with Crippen LogP contribution in [0.15, 0.2) is 42.5 Å². The lowest BCUT2D eigenvalue weighted by Gasteiger charge is -2.26. The molecule has 5 nitrogen and oxygen atoms in total. The summed E-state index contributed by atoms with van der Waals surface area (Å²) in [6.07, 6.45) is 2.03. The number of aryl methyl sites for hydroxylation is 1. The van der Waals surface area contributed by atoms with Crippen molar-refractivity contribution in [2.24, 2.45) is 0 Å². The lowest BCUT2D eigenvalue weighted by Crippen LogP contribution is -2.38. The zero-order chi connectivity index (χ0) is 21.2. The molecule has 2 aromatic rings. The summed E-state index contributed by atoms with van der Waals surface area (Å²) in [4.78, 5) is 2.36. The normalized spacial score (nSPS) is 15.7. The van der Waals surface area contributed by atoms with Crippen LogP contribution in [0, 0.1) is 0 Å². The Hall–Kier alpha value is -1.79. The second kappa shape index (κ2) is 12.2. The maximum atomic E-state index is 5.98. The summed E-state index contributed by atoms with van der Waals surface area (Å²) in [5.41, 5.74) is 2.50. The third-order valence-electron chi connectivity index (χ3n) is 5.43. The Labute approximate surface area is 185 Å². The average Bonchev–Trinajstić information content (AvgIpc) is 2.78. The van der Waals surface area contributed by atoms with E-state index in [0.29, 0.717) is 12.6 Å². The first kappa shape index (κ1) is 22.9. The van der Waals surface area contributed by atoms with Crippen LogP contribution in [-0.4, -0.2) is 57.5 Å². The van der Waals surface area contributed by atoms with Crippen LogP contribution in [-0.2, 0) is 17.7 Å². The highest BCUT2D eigenvalue weighted by Gasteiger charge is 2.12. The first-order chi connectivity index (χ1) is 14.6. The van der Waals surface area contributed by atoms with E-state index in [1.807, 2.05) is 18.2 Å². The Balaban J connectivity index is 1.42. The maximum absolute atomic E-state index is 5.98. The van der Waals surface area contributed by atoms with Gasteiger partial charge in [-0.25, -0.2) is 0 Å². The van der Waals surface area contributed by atoms with Gasteiger partial charge in [-0.2, -0.15) is 0 Å². The summed E-state index contributed by atoms with van der Waals surface area (Å²) in [7, 11) is 1.70. The number of benzene rings is 2. The summed E-state index contributed by atoms with van der Waals surface area (Å²) >= 11 is 5.95. The zero-order valence-electron chi connectivity index (χ0n) is 18.0. The summed E-state index contributed by atoms with van der Waals surface area (Å²) in [5.74, 6) is 1.61. The lowest BCUT2D eigenvalue weighted by molar-refractivity contribution is 0.0321. The minimum absolute atomic E-state index is 0.413. The van der Waals surface area contributed by atoms with Crippen LogP contribution < -0.4 is 14.8 Å². The van der Waals surface area contributed by atoms with Crippen molar-refractivity contribution in [3.8, 4) is 11.5 Å². The monoisotopic (exact) mass is 432 g/mol. The molecule has 164 valence electrons. The molecule has 0 bridgehead atoms. The summed E-state index contributed by atoms with van der Waals surface area (Å²) in [5, 5.41) is 4.35. The third-order valence-corrected chi connectivity index (χ3v) is 5.68. The molecule has 1 heterocycles. The van der Waals surface area contributed by atoms with Crippen LogP contribution in [0.25, 0.3) is 0 Å². The first-order valence-electron chi connectivity index (χ1n) is 10.7. The van der Waals surface area contributed by atoms with Crippen molar-refractivity contribution < 1.29 is 14.2 Å². The smallest absolute Gasteiger partial charge is 0.161 e. The third kappa shape index (κ3) is 7.47. The van der Waals surface area contributed by atoms with Crippen LogP contribution in [0.3, 0.4) is 0 Å². The van der Waals surface area contributed by atoms with Crippen LogP contribution in [0.5, 0.6) is 11.5 Å². The van der Waals surface area contributed by atoms with E-state index >= 15 is 0 Å². The van der Waals surface area contributed by atoms with E-state index in [1.54, 1.807) is 7.11 Å². The van der Waals surface area contributed by atoms with Gasteiger partial charge in [0.1, 0.15) is 6.61 Å². The van der Waals surface area contributed by atoms with E-state index in [0.717, 1.165) is 68.8 Å². The van der Waals surface area contributed by atoms with E-state index in [2.05, 4.69) is 41.4 Å². The Kier molecular flexibility index (Phi) is 9.27. The number of nitrogens with zero attached hydrogens (tertiary/aromatic N) is 1. The molecule has 0 saturated carbocycles. The van der Waals surface area contributed by atoms with Crippen molar-refractivity contribution >= 4 is 11.6 Å². The molecular formula is C24H33ClN2O3. The molecule has 0 amide bonds. The van der Waals surface area contributed by atoms with Gasteiger partial charge in [0.2, 0.25) is 0 Å². The molecule has 1 N–H and O–H groups in total. The summed E-state index contributed by atoms with van der Waals surface area (Å²) < 4.78 is 16.9. The maximum Gasteiger partial charge on any atom is 0.161 e. The van der Waals surface area contributed by atoms with Gasteiger partial charge in [0.25, 0.3) is 0 Å². The van der Waals surface area contributed by atoms with E-state index in [1.165, 1.54) is 11.1 Å². The molecule has 1 aliphatic rings. The van der Waals surface area contributed by atoms with E-state index in [-0.39, 0.29) is 0 Å². The van der Waals surface area contributed by atoms with Gasteiger partial charge in [-0.1, -0.05) is 29.8 Å². The van der Waals surface area contributed by atoms with Crippen molar-refractivity contribution in [1.82, 2.24) is 10.2 Å². The van der Waals surface area contributed by atoms with Crippen molar-refractivity contribution in [2.45, 2.75) is 32.4 Å². The fourth-order valence-electron chi connectivity index (χ4n) is 3.48. The lowest BCUT2D eigenvalue weighted by atomic mass is 10.1. The highest BCUT2D eigenvalue weighted by Crippen LogP contribution is 2.28. The van der Waals surface area contributed by atoms with Crippen LogP contribution >= 0.6 is 11.6 Å². The molecule has 6 heteroatoms. The van der Waals surface area contributed by atoms with Gasteiger partial charge in [0.05, 0.1) is 20.3 Å². The molecule has 2 aromatic carbocycles. The Bertz CT molecular complexity index is 764. The predicted molar refractivity (Wildman–Crippen MR) is 122 cm³/mol. The predicted octanol–water partition coefficient (Wildman–Crippen LogP) is 4.17.